The van der Waals surface area contributed by atoms with E-state index in [1.165, 1.54) is 89.9 Å². The highest BCUT2D eigenvalue weighted by atomic mass is 16.6. The number of allylic oxidation sites excluding steroid dienone is 14. The second kappa shape index (κ2) is 54.2. The average Bonchev–Trinajstić information content (AvgIpc) is 3.31. The summed E-state index contributed by atoms with van der Waals surface area (Å²) in [5, 5.41) is 0. The molecule has 0 aromatic heterocycles. The molecule has 0 unspecified atom stereocenters. The van der Waals surface area contributed by atoms with E-state index in [9.17, 15) is 14.4 Å². The molecular formula is C60H102O6. The molecule has 0 N–H and O–H groups in total. The summed E-state index contributed by atoms with van der Waals surface area (Å²) >= 11 is 0. The summed E-state index contributed by atoms with van der Waals surface area (Å²) in [5.41, 5.74) is 0. The fourth-order valence-corrected chi connectivity index (χ4v) is 7.44. The number of ether oxygens (including phenoxy) is 3. The quantitative estimate of drug-likeness (QED) is 0.0262. The highest BCUT2D eigenvalue weighted by molar-refractivity contribution is 5.71. The van der Waals surface area contributed by atoms with Gasteiger partial charge in [0.25, 0.3) is 0 Å². The molecule has 0 aliphatic carbocycles. The van der Waals surface area contributed by atoms with E-state index in [0.29, 0.717) is 19.3 Å². The van der Waals surface area contributed by atoms with Gasteiger partial charge in [0.2, 0.25) is 0 Å². The van der Waals surface area contributed by atoms with Crippen molar-refractivity contribution in [2.24, 2.45) is 0 Å². The number of carbonyl (C=O) groups excluding carboxylic acids is 3. The largest absolute Gasteiger partial charge is 0.462 e. The lowest BCUT2D eigenvalue weighted by molar-refractivity contribution is -0.167. The Morgan fingerprint density at radius 1 is 0.318 bits per heavy atom. The van der Waals surface area contributed by atoms with Crippen molar-refractivity contribution in [3.63, 3.8) is 0 Å². The smallest absolute Gasteiger partial charge is 0.306 e. The van der Waals surface area contributed by atoms with E-state index in [1.54, 1.807) is 0 Å². The molecule has 0 radical (unpaired) electrons. The lowest BCUT2D eigenvalue weighted by atomic mass is 10.1. The first kappa shape index (κ1) is 62.6. The Balaban J connectivity index is 4.41. The van der Waals surface area contributed by atoms with Gasteiger partial charge < -0.3 is 14.2 Å². The van der Waals surface area contributed by atoms with Crippen LogP contribution in [0.3, 0.4) is 0 Å². The number of hydrogen-bond donors (Lipinski definition) is 0. The van der Waals surface area contributed by atoms with Gasteiger partial charge in [-0.1, -0.05) is 215 Å². The van der Waals surface area contributed by atoms with E-state index in [2.05, 4.69) is 106 Å². The molecule has 0 saturated carbocycles. The van der Waals surface area contributed by atoms with Crippen LogP contribution < -0.4 is 0 Å². The van der Waals surface area contributed by atoms with Crippen molar-refractivity contribution in [1.82, 2.24) is 0 Å². The number of esters is 3. The molecule has 0 fully saturated rings. The zero-order valence-electron chi connectivity index (χ0n) is 43.2. The second-order valence-electron chi connectivity index (χ2n) is 18.1. The molecule has 0 heterocycles. The van der Waals surface area contributed by atoms with Crippen LogP contribution in [0.1, 0.15) is 258 Å². The van der Waals surface area contributed by atoms with Crippen molar-refractivity contribution in [2.45, 2.75) is 264 Å². The Hall–Kier alpha value is -3.41. The molecule has 6 nitrogen and oxygen atoms in total. The van der Waals surface area contributed by atoms with Gasteiger partial charge in [0.05, 0.1) is 0 Å². The molecule has 0 spiro atoms. The molecule has 0 aromatic carbocycles. The predicted octanol–water partition coefficient (Wildman–Crippen LogP) is 18.4. The van der Waals surface area contributed by atoms with Gasteiger partial charge in [-0.25, -0.2) is 0 Å². The summed E-state index contributed by atoms with van der Waals surface area (Å²) in [5.74, 6) is -0.923. The van der Waals surface area contributed by atoms with E-state index < -0.39 is 6.10 Å². The number of hydrogen-bond acceptors (Lipinski definition) is 6. The Labute approximate surface area is 407 Å². The van der Waals surface area contributed by atoms with Crippen molar-refractivity contribution < 1.29 is 28.6 Å². The van der Waals surface area contributed by atoms with E-state index in [0.717, 1.165) is 128 Å². The molecule has 6 heteroatoms. The van der Waals surface area contributed by atoms with Crippen molar-refractivity contribution >= 4 is 17.9 Å². The summed E-state index contributed by atoms with van der Waals surface area (Å²) in [6, 6.07) is 0. The lowest BCUT2D eigenvalue weighted by Gasteiger charge is -2.18. The highest BCUT2D eigenvalue weighted by Crippen LogP contribution is 2.14. The summed E-state index contributed by atoms with van der Waals surface area (Å²) in [4.78, 5) is 38.1. The Morgan fingerprint density at radius 2 is 0.606 bits per heavy atom. The zero-order valence-corrected chi connectivity index (χ0v) is 43.2. The van der Waals surface area contributed by atoms with Gasteiger partial charge in [0.15, 0.2) is 6.10 Å². The van der Waals surface area contributed by atoms with Gasteiger partial charge in [-0.15, -0.1) is 0 Å². The van der Waals surface area contributed by atoms with E-state index in [-0.39, 0.29) is 31.1 Å². The monoisotopic (exact) mass is 919 g/mol. The summed E-state index contributed by atoms with van der Waals surface area (Å²) in [6.45, 7) is 6.44. The fraction of sp³-hybridized carbons (Fsp3) is 0.717. The van der Waals surface area contributed by atoms with Gasteiger partial charge in [0.1, 0.15) is 13.2 Å². The van der Waals surface area contributed by atoms with Crippen LogP contribution in [0.5, 0.6) is 0 Å². The number of unbranched alkanes of at least 4 members (excludes halogenated alkanes) is 24. The van der Waals surface area contributed by atoms with Gasteiger partial charge in [-0.3, -0.25) is 14.4 Å². The molecule has 0 amide bonds. The molecule has 0 bridgehead atoms. The van der Waals surface area contributed by atoms with Crippen molar-refractivity contribution in [3.05, 3.63) is 85.1 Å². The zero-order chi connectivity index (χ0) is 47.9. The van der Waals surface area contributed by atoms with Crippen LogP contribution in [-0.4, -0.2) is 37.2 Å². The Morgan fingerprint density at radius 3 is 0.970 bits per heavy atom. The SMILES string of the molecule is CC/C=C/C/C=C/C/C=C/CCCCCCCC(=O)O[C@H](COC(=O)CCCCCCC/C=C/C/C=C/CCCC)COC(=O)CCCCCCCCCCC/C=C/C/C=C/CCCCC. The van der Waals surface area contributed by atoms with Crippen LogP contribution in [0.15, 0.2) is 85.1 Å². The lowest BCUT2D eigenvalue weighted by Crippen LogP contribution is -2.30. The maximum atomic E-state index is 12.8. The van der Waals surface area contributed by atoms with Crippen LogP contribution in [0.2, 0.25) is 0 Å². The van der Waals surface area contributed by atoms with Gasteiger partial charge in [-0.2, -0.15) is 0 Å². The predicted molar refractivity (Wildman–Crippen MR) is 284 cm³/mol. The maximum Gasteiger partial charge on any atom is 0.306 e. The maximum absolute atomic E-state index is 12.8. The minimum Gasteiger partial charge on any atom is -0.462 e. The van der Waals surface area contributed by atoms with Crippen LogP contribution in [-0.2, 0) is 28.6 Å². The minimum atomic E-state index is -0.794. The third-order valence-electron chi connectivity index (χ3n) is 11.6. The van der Waals surface area contributed by atoms with E-state index in [4.69, 9.17) is 14.2 Å². The van der Waals surface area contributed by atoms with Gasteiger partial charge in [0, 0.05) is 19.3 Å². The standard InChI is InChI=1S/C60H102O6/c1-4-7-10-13-16-19-22-25-28-29-30-31-33-35-38-41-44-47-50-53-59(62)65-56-57(55-64-58(61)52-49-46-43-40-37-34-27-24-21-18-15-12-9-6-3)66-60(63)54-51-48-45-42-39-36-32-26-23-20-17-14-11-8-5-2/h8,11,15-20,24-28,32,57H,4-7,9-10,12-14,21-23,29-31,33-56H2,1-3H3/b11-8+,18-15+,19-16+,20-17+,27-24+,28-25+,32-26+/t57-/m1/s1. The summed E-state index contributed by atoms with van der Waals surface area (Å²) < 4.78 is 16.8. The second-order valence-corrected chi connectivity index (χ2v) is 18.1. The van der Waals surface area contributed by atoms with Crippen molar-refractivity contribution in [1.29, 1.82) is 0 Å². The third-order valence-corrected chi connectivity index (χ3v) is 11.6. The summed E-state index contributed by atoms with van der Waals surface area (Å²) in [7, 11) is 0. The van der Waals surface area contributed by atoms with Crippen LogP contribution in [0, 0.1) is 0 Å². The fourth-order valence-electron chi connectivity index (χ4n) is 7.44. The Bertz CT molecular complexity index is 1290. The molecule has 0 aliphatic rings. The first-order chi connectivity index (χ1) is 32.5. The van der Waals surface area contributed by atoms with Gasteiger partial charge in [-0.05, 0) is 109 Å². The first-order valence-corrected chi connectivity index (χ1v) is 27.6. The number of carbonyl (C=O) groups is 3. The van der Waals surface area contributed by atoms with E-state index >= 15 is 0 Å². The van der Waals surface area contributed by atoms with Gasteiger partial charge >= 0.3 is 17.9 Å². The van der Waals surface area contributed by atoms with Crippen LogP contribution in [0.4, 0.5) is 0 Å². The third kappa shape index (κ3) is 51.6. The molecule has 0 aromatic rings. The normalized spacial score (nSPS) is 12.7. The molecule has 1 atom stereocenters. The minimum absolute atomic E-state index is 0.0907. The summed E-state index contributed by atoms with van der Waals surface area (Å²) in [6.07, 6.45) is 69.9. The van der Waals surface area contributed by atoms with Crippen LogP contribution in [0.25, 0.3) is 0 Å². The molecule has 0 saturated heterocycles. The number of rotatable bonds is 49. The van der Waals surface area contributed by atoms with Crippen molar-refractivity contribution in [3.8, 4) is 0 Å². The average molecular weight is 919 g/mol. The van der Waals surface area contributed by atoms with Crippen molar-refractivity contribution in [2.75, 3.05) is 13.2 Å². The van der Waals surface area contributed by atoms with Crippen LogP contribution >= 0.6 is 0 Å². The first-order valence-electron chi connectivity index (χ1n) is 27.6. The van der Waals surface area contributed by atoms with E-state index in [1.807, 2.05) is 0 Å². The highest BCUT2D eigenvalue weighted by Gasteiger charge is 2.19. The molecule has 0 rings (SSSR count). The molecule has 66 heavy (non-hydrogen) atoms. The topological polar surface area (TPSA) is 78.9 Å². The molecule has 0 aliphatic heterocycles. The Kier molecular flexibility index (Phi) is 51.4. The molecule has 378 valence electrons. The molecular weight excluding hydrogens is 817 g/mol.